The van der Waals surface area contributed by atoms with Gasteiger partial charge in [0, 0.05) is 30.0 Å². The largest absolute Gasteiger partial charge is 0.364 e. The molecule has 1 unspecified atom stereocenters. The maximum Gasteiger partial charge on any atom is 0.272 e. The third kappa shape index (κ3) is 2.50. The topological polar surface area (TPSA) is 84.5 Å². The van der Waals surface area contributed by atoms with E-state index < -0.39 is 5.66 Å². The lowest BCUT2D eigenvalue weighted by Crippen LogP contribution is -2.60. The van der Waals surface area contributed by atoms with Crippen LogP contribution in [0.1, 0.15) is 37.8 Å². The molecule has 0 N–H and O–H groups in total. The zero-order valence-electron chi connectivity index (χ0n) is 15.9. The van der Waals surface area contributed by atoms with Gasteiger partial charge in [-0.2, -0.15) is 0 Å². The number of hydrogen-bond donors (Lipinski definition) is 0. The van der Waals surface area contributed by atoms with E-state index in [2.05, 4.69) is 26.1 Å². The van der Waals surface area contributed by atoms with Crippen LogP contribution < -0.4 is 0 Å². The van der Waals surface area contributed by atoms with E-state index in [9.17, 15) is 9.59 Å². The van der Waals surface area contributed by atoms with Crippen molar-refractivity contribution >= 4 is 27.7 Å². The molecule has 0 bridgehead atoms. The fourth-order valence-electron chi connectivity index (χ4n) is 4.29. The summed E-state index contributed by atoms with van der Waals surface area (Å²) in [5.41, 5.74) is 2.16. The highest BCUT2D eigenvalue weighted by molar-refractivity contribution is 9.10. The van der Waals surface area contributed by atoms with Crippen LogP contribution in [0.2, 0.25) is 0 Å². The molecule has 29 heavy (non-hydrogen) atoms. The first-order valence-electron chi connectivity index (χ1n) is 9.25. The Morgan fingerprint density at radius 2 is 2.10 bits per heavy atom. The van der Waals surface area contributed by atoms with E-state index in [1.807, 2.05) is 35.9 Å². The van der Waals surface area contributed by atoms with Crippen molar-refractivity contribution in [1.29, 1.82) is 0 Å². The average Bonchev–Trinajstić information content (AvgIpc) is 3.39. The van der Waals surface area contributed by atoms with Gasteiger partial charge in [-0.15, -0.1) is 0 Å². The summed E-state index contributed by atoms with van der Waals surface area (Å²) in [5, 5.41) is 3.84. The molecule has 0 saturated carbocycles. The number of pyridine rings is 1. The van der Waals surface area contributed by atoms with Crippen LogP contribution >= 0.6 is 15.9 Å². The van der Waals surface area contributed by atoms with Crippen LogP contribution in [0, 0.1) is 13.8 Å². The Morgan fingerprint density at radius 3 is 2.79 bits per heavy atom. The van der Waals surface area contributed by atoms with Gasteiger partial charge < -0.3 is 18.9 Å². The lowest BCUT2D eigenvalue weighted by molar-refractivity contribution is -0.00829. The molecule has 2 aliphatic heterocycles. The highest BCUT2D eigenvalue weighted by atomic mass is 79.9. The molecule has 0 radical (unpaired) electrons. The summed E-state index contributed by atoms with van der Waals surface area (Å²) in [7, 11) is 0. The van der Waals surface area contributed by atoms with E-state index in [1.165, 1.54) is 6.26 Å². The molecule has 0 aliphatic carbocycles. The number of amides is 2. The molecule has 1 fully saturated rings. The van der Waals surface area contributed by atoms with Crippen molar-refractivity contribution in [2.24, 2.45) is 0 Å². The molecular weight excluding hydrogens is 438 g/mol. The molecule has 0 spiro atoms. The highest BCUT2D eigenvalue weighted by Crippen LogP contribution is 2.43. The smallest absolute Gasteiger partial charge is 0.272 e. The predicted octanol–water partition coefficient (Wildman–Crippen LogP) is 2.72. The second kappa shape index (κ2) is 6.28. The predicted molar refractivity (Wildman–Crippen MR) is 106 cm³/mol. The number of fused-ring (bicyclic) bond motifs is 2. The first-order chi connectivity index (χ1) is 13.9. The van der Waals surface area contributed by atoms with Gasteiger partial charge in [0.2, 0.25) is 0 Å². The minimum absolute atomic E-state index is 0.123. The second-order valence-corrected chi connectivity index (χ2v) is 8.35. The fraction of sp³-hybridized carbons (Fsp3) is 0.300. The Hall–Kier alpha value is -2.94. The van der Waals surface area contributed by atoms with Gasteiger partial charge in [-0.05, 0) is 47.5 Å². The van der Waals surface area contributed by atoms with Crippen LogP contribution in [0.4, 0.5) is 0 Å². The monoisotopic (exact) mass is 455 g/mol. The Kier molecular flexibility index (Phi) is 3.92. The number of hydrogen-bond acceptors (Lipinski definition) is 5. The van der Waals surface area contributed by atoms with Crippen molar-refractivity contribution in [2.45, 2.75) is 26.1 Å². The summed E-state index contributed by atoms with van der Waals surface area (Å²) in [6, 6.07) is 5.65. The lowest BCUT2D eigenvalue weighted by Gasteiger charge is -2.46. The molecule has 3 aromatic heterocycles. The van der Waals surface area contributed by atoms with E-state index >= 15 is 0 Å². The number of aryl methyl sites for hydroxylation is 2. The van der Waals surface area contributed by atoms with E-state index in [0.717, 1.165) is 10.0 Å². The Balaban J connectivity index is 1.71. The zero-order valence-corrected chi connectivity index (χ0v) is 17.5. The molecular formula is C20H18BrN5O3. The number of carbonyl (C=O) groups is 2. The van der Waals surface area contributed by atoms with E-state index in [0.29, 0.717) is 42.3 Å². The molecule has 9 heteroatoms. The van der Waals surface area contributed by atoms with Crippen molar-refractivity contribution in [1.82, 2.24) is 24.5 Å². The molecule has 8 nitrogen and oxygen atoms in total. The Bertz CT molecular complexity index is 1140. The summed E-state index contributed by atoms with van der Waals surface area (Å²) in [5.74, 6) is -0.349. The van der Waals surface area contributed by atoms with Crippen LogP contribution in [0.25, 0.3) is 0 Å². The van der Waals surface area contributed by atoms with Gasteiger partial charge in [0.05, 0.1) is 17.9 Å². The van der Waals surface area contributed by atoms with E-state index in [1.54, 1.807) is 22.9 Å². The lowest BCUT2D eigenvalue weighted by atomic mass is 9.98. The van der Waals surface area contributed by atoms with Crippen LogP contribution in [-0.2, 0) is 12.2 Å². The van der Waals surface area contributed by atoms with Crippen molar-refractivity contribution in [3.05, 3.63) is 69.5 Å². The van der Waals surface area contributed by atoms with Crippen LogP contribution in [0.3, 0.4) is 0 Å². The number of nitrogens with zero attached hydrogens (tertiary/aromatic N) is 5. The first-order valence-corrected chi connectivity index (χ1v) is 10.0. The van der Waals surface area contributed by atoms with Crippen molar-refractivity contribution in [3.63, 3.8) is 0 Å². The van der Waals surface area contributed by atoms with Gasteiger partial charge in [0.15, 0.2) is 5.66 Å². The van der Waals surface area contributed by atoms with Crippen molar-refractivity contribution < 1.29 is 14.1 Å². The molecule has 148 valence electrons. The third-order valence-electron chi connectivity index (χ3n) is 5.71. The van der Waals surface area contributed by atoms with Crippen molar-refractivity contribution in [3.8, 4) is 0 Å². The molecule has 1 saturated heterocycles. The van der Waals surface area contributed by atoms with Crippen LogP contribution in [-0.4, -0.2) is 49.4 Å². The zero-order chi connectivity index (χ0) is 20.3. The second-order valence-electron chi connectivity index (χ2n) is 7.44. The minimum Gasteiger partial charge on any atom is -0.364 e. The van der Waals surface area contributed by atoms with Crippen LogP contribution in [0.5, 0.6) is 0 Å². The molecule has 3 aromatic rings. The Morgan fingerprint density at radius 1 is 1.28 bits per heavy atom. The standard InChI is InChI=1S/C20H18BrN5O3/c1-12-3-4-17(22-8-12)20-11-24-9-14(21)7-16(24)19(28)26(20)6-5-25(20)18(27)15-10-29-23-13(15)2/h3-4,7-10H,5-6,11H2,1-2H3. The highest BCUT2D eigenvalue weighted by Gasteiger charge is 2.57. The SMILES string of the molecule is Cc1ccc(C23Cn4cc(Br)cc4C(=O)N2CCN3C(=O)c2conc2C)nc1. The van der Waals surface area contributed by atoms with Gasteiger partial charge in [0.1, 0.15) is 17.5 Å². The first kappa shape index (κ1) is 18.1. The maximum atomic E-state index is 13.5. The minimum atomic E-state index is -1.02. The van der Waals surface area contributed by atoms with Crippen LogP contribution in [0.15, 0.2) is 45.9 Å². The summed E-state index contributed by atoms with van der Waals surface area (Å²) < 4.78 is 7.70. The molecule has 5 rings (SSSR count). The molecule has 1 atom stereocenters. The van der Waals surface area contributed by atoms with Gasteiger partial charge in [-0.3, -0.25) is 14.6 Å². The number of carbonyl (C=O) groups excluding carboxylic acids is 2. The summed E-state index contributed by atoms with van der Waals surface area (Å²) in [4.78, 5) is 35.0. The summed E-state index contributed by atoms with van der Waals surface area (Å²) in [6.07, 6.45) is 4.99. The van der Waals surface area contributed by atoms with E-state index in [4.69, 9.17) is 4.52 Å². The quantitative estimate of drug-likeness (QED) is 0.592. The van der Waals surface area contributed by atoms with Gasteiger partial charge >= 0.3 is 0 Å². The summed E-state index contributed by atoms with van der Waals surface area (Å²) >= 11 is 3.46. The van der Waals surface area contributed by atoms with E-state index in [-0.39, 0.29) is 11.8 Å². The number of halogens is 1. The molecule has 0 aromatic carbocycles. The average molecular weight is 456 g/mol. The normalized spacial score (nSPS) is 20.7. The number of rotatable bonds is 2. The molecule has 2 amide bonds. The van der Waals surface area contributed by atoms with Crippen molar-refractivity contribution in [2.75, 3.05) is 13.1 Å². The number of aromatic nitrogens is 3. The molecule has 2 aliphatic rings. The summed E-state index contributed by atoms with van der Waals surface area (Å²) in [6.45, 7) is 4.90. The fourth-order valence-corrected chi connectivity index (χ4v) is 4.76. The maximum absolute atomic E-state index is 13.5. The van der Waals surface area contributed by atoms with Gasteiger partial charge in [-0.1, -0.05) is 11.2 Å². The van der Waals surface area contributed by atoms with Gasteiger partial charge in [-0.25, -0.2) is 0 Å². The third-order valence-corrected chi connectivity index (χ3v) is 6.14. The van der Waals surface area contributed by atoms with Gasteiger partial charge in [0.25, 0.3) is 11.8 Å². The molecule has 5 heterocycles. The Labute approximate surface area is 175 Å².